The molecule has 1 aromatic carbocycles. The van der Waals surface area contributed by atoms with Crippen LogP contribution in [0.25, 0.3) is 0 Å². The zero-order valence-electron chi connectivity index (χ0n) is 18.3. The highest BCUT2D eigenvalue weighted by Crippen LogP contribution is 2.38. The van der Waals surface area contributed by atoms with Gasteiger partial charge in [0.1, 0.15) is 6.04 Å². The highest BCUT2D eigenvalue weighted by Gasteiger charge is 2.37. The van der Waals surface area contributed by atoms with E-state index in [2.05, 4.69) is 37.6 Å². The number of nitrogens with zero attached hydrogens (tertiary/aromatic N) is 3. The van der Waals surface area contributed by atoms with E-state index in [-0.39, 0.29) is 24.4 Å². The number of piperazine rings is 1. The summed E-state index contributed by atoms with van der Waals surface area (Å²) in [6.07, 6.45) is 6.83. The molecule has 2 atom stereocenters. The Hall–Kier alpha value is -2.81. The first kappa shape index (κ1) is 23.0. The largest absolute Gasteiger partial charge is 0.350 e. The summed E-state index contributed by atoms with van der Waals surface area (Å²) in [5.74, 6) is -0.415. The van der Waals surface area contributed by atoms with Crippen molar-refractivity contribution in [2.45, 2.75) is 31.5 Å². The normalized spacial score (nSPS) is 20.0. The van der Waals surface area contributed by atoms with E-state index in [4.69, 9.17) is 16.6 Å². The van der Waals surface area contributed by atoms with Gasteiger partial charge in [-0.25, -0.2) is 0 Å². The molecule has 1 aliphatic carbocycles. The Balaban J connectivity index is 1.45. The van der Waals surface area contributed by atoms with Crippen molar-refractivity contribution in [3.8, 4) is 0 Å². The smallest absolute Gasteiger partial charge is 0.244 e. The summed E-state index contributed by atoms with van der Waals surface area (Å²) < 4.78 is 0.915. The first-order valence-electron chi connectivity index (χ1n) is 11.1. The number of rotatable bonds is 4. The number of amides is 2. The van der Waals surface area contributed by atoms with Gasteiger partial charge in [-0.15, -0.1) is 0 Å². The SMILES string of the molecule is O=C1CN(C2c3ccc(Cl)cc3CCc3cc(Br)cnc32)C[C@@H](C(=O)NCc2cccnc2)N1. The number of hydrogen-bond acceptors (Lipinski definition) is 5. The third-order valence-corrected chi connectivity index (χ3v) is 6.93. The predicted molar refractivity (Wildman–Crippen MR) is 132 cm³/mol. The summed E-state index contributed by atoms with van der Waals surface area (Å²) in [5, 5.41) is 6.45. The average Bonchev–Trinajstić information content (AvgIpc) is 2.99. The summed E-state index contributed by atoms with van der Waals surface area (Å²) in [5.41, 5.74) is 5.13. The highest BCUT2D eigenvalue weighted by atomic mass is 79.9. The first-order chi connectivity index (χ1) is 16.5. The second kappa shape index (κ2) is 9.82. The fraction of sp³-hybridized carbons (Fsp3) is 0.280. The number of pyridine rings is 2. The van der Waals surface area contributed by atoms with Crippen LogP contribution in [0.5, 0.6) is 0 Å². The van der Waals surface area contributed by atoms with Crippen molar-refractivity contribution in [1.82, 2.24) is 25.5 Å². The van der Waals surface area contributed by atoms with Crippen molar-refractivity contribution in [2.24, 2.45) is 0 Å². The molecule has 1 aliphatic heterocycles. The molecule has 0 bridgehead atoms. The molecule has 1 fully saturated rings. The lowest BCUT2D eigenvalue weighted by atomic mass is 9.95. The number of carbonyl (C=O) groups excluding carboxylic acids is 2. The van der Waals surface area contributed by atoms with Crippen LogP contribution in [0.1, 0.15) is 34.0 Å². The van der Waals surface area contributed by atoms with Crippen molar-refractivity contribution in [3.05, 3.63) is 92.4 Å². The summed E-state index contributed by atoms with van der Waals surface area (Å²) in [6, 6.07) is 10.8. The van der Waals surface area contributed by atoms with E-state index in [0.29, 0.717) is 18.1 Å². The maximum Gasteiger partial charge on any atom is 0.244 e. The molecule has 5 rings (SSSR count). The molecule has 2 N–H and O–H groups in total. The van der Waals surface area contributed by atoms with Gasteiger partial charge in [-0.05, 0) is 75.3 Å². The summed E-state index contributed by atoms with van der Waals surface area (Å²) in [7, 11) is 0. The van der Waals surface area contributed by atoms with E-state index in [1.807, 2.05) is 35.2 Å². The Morgan fingerprint density at radius 1 is 1.21 bits per heavy atom. The molecule has 0 saturated carbocycles. The van der Waals surface area contributed by atoms with Crippen molar-refractivity contribution < 1.29 is 9.59 Å². The molecule has 9 heteroatoms. The summed E-state index contributed by atoms with van der Waals surface area (Å²) >= 11 is 9.85. The van der Waals surface area contributed by atoms with E-state index < -0.39 is 6.04 Å². The van der Waals surface area contributed by atoms with E-state index in [9.17, 15) is 9.59 Å². The molecule has 0 spiro atoms. The van der Waals surface area contributed by atoms with E-state index >= 15 is 0 Å². The van der Waals surface area contributed by atoms with Gasteiger partial charge in [0.2, 0.25) is 11.8 Å². The zero-order chi connectivity index (χ0) is 23.7. The molecule has 3 aromatic rings. The molecule has 2 amide bonds. The van der Waals surface area contributed by atoms with Gasteiger partial charge in [-0.2, -0.15) is 0 Å². The molecule has 0 radical (unpaired) electrons. The molecule has 7 nitrogen and oxygen atoms in total. The third kappa shape index (κ3) is 4.85. The van der Waals surface area contributed by atoms with Gasteiger partial charge in [-0.1, -0.05) is 23.7 Å². The van der Waals surface area contributed by atoms with Crippen molar-refractivity contribution in [1.29, 1.82) is 0 Å². The average molecular weight is 541 g/mol. The zero-order valence-corrected chi connectivity index (χ0v) is 20.6. The van der Waals surface area contributed by atoms with Crippen LogP contribution in [0.4, 0.5) is 0 Å². The van der Waals surface area contributed by atoms with E-state index in [0.717, 1.165) is 45.3 Å². The minimum absolute atomic E-state index is 0.177. The molecular weight excluding hydrogens is 518 g/mol. The Labute approximate surface area is 211 Å². The van der Waals surface area contributed by atoms with Gasteiger partial charge in [0.25, 0.3) is 0 Å². The van der Waals surface area contributed by atoms with Crippen LogP contribution in [-0.2, 0) is 29.0 Å². The lowest BCUT2D eigenvalue weighted by molar-refractivity contribution is -0.134. The van der Waals surface area contributed by atoms with Gasteiger partial charge < -0.3 is 10.6 Å². The number of halogens is 2. The lowest BCUT2D eigenvalue weighted by Gasteiger charge is -2.38. The topological polar surface area (TPSA) is 87.2 Å². The van der Waals surface area contributed by atoms with Crippen LogP contribution in [0.15, 0.2) is 59.5 Å². The van der Waals surface area contributed by atoms with Crippen molar-refractivity contribution in [2.75, 3.05) is 13.1 Å². The van der Waals surface area contributed by atoms with Crippen LogP contribution in [0.3, 0.4) is 0 Å². The number of fused-ring (bicyclic) bond motifs is 2. The van der Waals surface area contributed by atoms with Gasteiger partial charge in [0.05, 0.1) is 18.3 Å². The van der Waals surface area contributed by atoms with Gasteiger partial charge >= 0.3 is 0 Å². The minimum atomic E-state index is -0.671. The van der Waals surface area contributed by atoms with E-state index in [1.54, 1.807) is 18.6 Å². The number of benzene rings is 1. The number of hydrogen-bond donors (Lipinski definition) is 2. The van der Waals surface area contributed by atoms with Crippen LogP contribution in [0, 0.1) is 0 Å². The third-order valence-electron chi connectivity index (χ3n) is 6.26. The second-order valence-corrected chi connectivity index (χ2v) is 9.92. The second-order valence-electron chi connectivity index (χ2n) is 8.57. The molecule has 1 saturated heterocycles. The molecule has 2 aromatic heterocycles. The van der Waals surface area contributed by atoms with Gasteiger partial charge in [-0.3, -0.25) is 24.5 Å². The van der Waals surface area contributed by atoms with Crippen LogP contribution in [0.2, 0.25) is 5.02 Å². The Morgan fingerprint density at radius 3 is 2.88 bits per heavy atom. The van der Waals surface area contributed by atoms with Gasteiger partial charge in [0, 0.05) is 41.2 Å². The van der Waals surface area contributed by atoms with E-state index in [1.165, 1.54) is 0 Å². The number of aromatic nitrogens is 2. The molecule has 2 aliphatic rings. The highest BCUT2D eigenvalue weighted by molar-refractivity contribution is 9.10. The minimum Gasteiger partial charge on any atom is -0.350 e. The van der Waals surface area contributed by atoms with Crippen molar-refractivity contribution in [3.63, 3.8) is 0 Å². The standard InChI is InChI=1S/C25H23BrClN5O2/c26-18-8-17-4-3-16-9-19(27)5-6-20(16)24(23(17)29-12-18)32-13-21(31-22(33)14-32)25(34)30-11-15-2-1-7-28-10-15/h1-2,5-10,12,21,24H,3-4,11,13-14H2,(H,30,34)(H,31,33)/t21-,24?/m0/s1. The Kier molecular flexibility index (Phi) is 6.63. The van der Waals surface area contributed by atoms with Crippen LogP contribution in [-0.4, -0.2) is 45.8 Å². The van der Waals surface area contributed by atoms with Gasteiger partial charge in [0.15, 0.2) is 0 Å². The molecule has 174 valence electrons. The first-order valence-corrected chi connectivity index (χ1v) is 12.3. The number of aryl methyl sites for hydroxylation is 2. The Morgan fingerprint density at radius 2 is 2.06 bits per heavy atom. The van der Waals surface area contributed by atoms with Crippen molar-refractivity contribution >= 4 is 39.3 Å². The van der Waals surface area contributed by atoms with Crippen LogP contribution >= 0.6 is 27.5 Å². The fourth-order valence-corrected chi connectivity index (χ4v) is 5.28. The summed E-state index contributed by atoms with van der Waals surface area (Å²) in [6.45, 7) is 0.896. The monoisotopic (exact) mass is 539 g/mol. The number of nitrogens with one attached hydrogen (secondary N) is 2. The quantitative estimate of drug-likeness (QED) is 0.531. The van der Waals surface area contributed by atoms with Crippen LogP contribution < -0.4 is 10.6 Å². The number of carbonyl (C=O) groups is 2. The lowest BCUT2D eigenvalue weighted by Crippen LogP contribution is -2.60. The maximum absolute atomic E-state index is 13.0. The predicted octanol–water partition coefficient (Wildman–Crippen LogP) is 3.20. The molecule has 3 heterocycles. The summed E-state index contributed by atoms with van der Waals surface area (Å²) in [4.78, 5) is 36.6. The molecule has 1 unspecified atom stereocenters. The molecular formula is C25H23BrClN5O2. The molecule has 34 heavy (non-hydrogen) atoms. The maximum atomic E-state index is 13.0. The fourth-order valence-electron chi connectivity index (χ4n) is 4.71. The Bertz CT molecular complexity index is 1190.